The number of nitrogens with zero attached hydrogens (tertiary/aromatic N) is 1. The fourth-order valence-corrected chi connectivity index (χ4v) is 10.4. The van der Waals surface area contributed by atoms with Crippen molar-refractivity contribution in [2.24, 2.45) is 57.5 Å². The summed E-state index contributed by atoms with van der Waals surface area (Å²) in [4.78, 5) is 16.0. The van der Waals surface area contributed by atoms with Gasteiger partial charge in [-0.05, 0) is 104 Å². The van der Waals surface area contributed by atoms with Gasteiger partial charge in [0, 0.05) is 14.1 Å². The molecule has 0 aliphatic heterocycles. The zero-order valence-electron chi connectivity index (χ0n) is 24.5. The maximum absolute atomic E-state index is 14.2. The number of aliphatic hydroxyl groups excluding tert-OH is 1. The first kappa shape index (κ1) is 28.1. The summed E-state index contributed by atoms with van der Waals surface area (Å²) in [5, 5.41) is 10.4. The molecular formula is C32H56N2O2. The third-order valence-corrected chi connectivity index (χ3v) is 11.8. The van der Waals surface area contributed by atoms with E-state index < -0.39 is 0 Å². The molecule has 4 aliphatic rings. The van der Waals surface area contributed by atoms with Crippen LogP contribution in [0.1, 0.15) is 105 Å². The molecule has 4 heteroatoms. The molecule has 1 unspecified atom stereocenters. The van der Waals surface area contributed by atoms with Gasteiger partial charge in [-0.15, -0.1) is 0 Å². The van der Waals surface area contributed by atoms with Crippen LogP contribution in [0.25, 0.3) is 0 Å². The quantitative estimate of drug-likeness (QED) is 0.378. The van der Waals surface area contributed by atoms with Crippen LogP contribution < -0.4 is 5.73 Å². The largest absolute Gasteiger partial charge is 0.393 e. The second-order valence-electron chi connectivity index (χ2n) is 14.6. The van der Waals surface area contributed by atoms with E-state index in [9.17, 15) is 9.90 Å². The van der Waals surface area contributed by atoms with Crippen LogP contribution in [0.5, 0.6) is 0 Å². The molecule has 36 heavy (non-hydrogen) atoms. The third-order valence-electron chi connectivity index (χ3n) is 11.8. The minimum atomic E-state index is -0.336. The van der Waals surface area contributed by atoms with Crippen molar-refractivity contribution in [3.05, 3.63) is 11.6 Å². The van der Waals surface area contributed by atoms with E-state index in [4.69, 9.17) is 5.73 Å². The topological polar surface area (TPSA) is 66.6 Å². The number of aliphatic hydroxyl groups is 1. The Bertz CT molecular complexity index is 836. The van der Waals surface area contributed by atoms with Crippen molar-refractivity contribution in [3.8, 4) is 0 Å². The van der Waals surface area contributed by atoms with E-state index in [1.165, 1.54) is 37.7 Å². The first-order valence-corrected chi connectivity index (χ1v) is 15.2. The minimum Gasteiger partial charge on any atom is -0.393 e. The summed E-state index contributed by atoms with van der Waals surface area (Å²) in [6, 6.07) is 0. The predicted molar refractivity (Wildman–Crippen MR) is 149 cm³/mol. The number of nitrogens with two attached hydrogens (primary N) is 1. The van der Waals surface area contributed by atoms with E-state index in [1.54, 1.807) is 0 Å². The Labute approximate surface area is 221 Å². The van der Waals surface area contributed by atoms with Gasteiger partial charge in [-0.25, -0.2) is 0 Å². The van der Waals surface area contributed by atoms with Crippen LogP contribution in [0.4, 0.5) is 0 Å². The van der Waals surface area contributed by atoms with Gasteiger partial charge in [0.25, 0.3) is 0 Å². The Balaban J connectivity index is 1.73. The zero-order valence-corrected chi connectivity index (χ0v) is 24.5. The molecule has 4 aliphatic carbocycles. The molecule has 0 saturated heterocycles. The van der Waals surface area contributed by atoms with E-state index in [-0.39, 0.29) is 22.3 Å². The fourth-order valence-electron chi connectivity index (χ4n) is 10.4. The Morgan fingerprint density at radius 2 is 1.86 bits per heavy atom. The van der Waals surface area contributed by atoms with Gasteiger partial charge in [0.15, 0.2) is 0 Å². The van der Waals surface area contributed by atoms with Crippen LogP contribution >= 0.6 is 0 Å². The number of hydrogen-bond donors (Lipinski definition) is 2. The van der Waals surface area contributed by atoms with Gasteiger partial charge >= 0.3 is 0 Å². The summed E-state index contributed by atoms with van der Waals surface area (Å²) in [5.41, 5.74) is 7.93. The number of fused-ring (bicyclic) bond motifs is 5. The lowest BCUT2D eigenvalue weighted by Gasteiger charge is -2.58. The lowest BCUT2D eigenvalue weighted by Crippen LogP contribution is -2.52. The number of carbonyl (C=O) groups is 1. The highest BCUT2D eigenvalue weighted by atomic mass is 16.3. The zero-order chi connectivity index (χ0) is 26.5. The highest BCUT2D eigenvalue weighted by molar-refractivity contribution is 5.83. The van der Waals surface area contributed by atoms with Crippen molar-refractivity contribution in [3.63, 3.8) is 0 Å². The molecule has 9 atom stereocenters. The molecule has 4 nitrogen and oxygen atoms in total. The Morgan fingerprint density at radius 3 is 2.50 bits per heavy atom. The SMILES string of the molecule is CC(C)CCC[C@@H](C)[C@H]1C(CCN)(C(=O)N(C)C)C[C@H]2[C@@H]3CC=C4C[C@@H](O)CC[C@]4(C)[C@H]3CC[C@@]21C. The Morgan fingerprint density at radius 1 is 1.14 bits per heavy atom. The first-order chi connectivity index (χ1) is 16.9. The van der Waals surface area contributed by atoms with Gasteiger partial charge in [-0.3, -0.25) is 4.79 Å². The number of allylic oxidation sites excluding steroid dienone is 1. The Hall–Kier alpha value is -0.870. The fraction of sp³-hybridized carbons (Fsp3) is 0.906. The predicted octanol–water partition coefficient (Wildman–Crippen LogP) is 6.42. The molecule has 206 valence electrons. The first-order valence-electron chi connectivity index (χ1n) is 15.2. The van der Waals surface area contributed by atoms with Gasteiger partial charge in [0.1, 0.15) is 0 Å². The standard InChI is InChI=1S/C32H56N2O2/c1-21(2)9-8-10-22(3)28-31(5)16-14-26-25(12-11-23-19-24(35)13-15-30(23,26)4)27(31)20-32(28,17-18-33)29(36)34(6)7/h11,21-22,24-28,35H,8-10,12-20,33H2,1-7H3/t22-,24+,25-,26+,27+,28-,30+,31+,32?/m1/s1. The van der Waals surface area contributed by atoms with E-state index in [1.807, 2.05) is 19.0 Å². The average molecular weight is 501 g/mol. The molecule has 4 rings (SSSR count). The summed E-state index contributed by atoms with van der Waals surface area (Å²) in [7, 11) is 3.91. The monoisotopic (exact) mass is 500 g/mol. The molecule has 0 aromatic heterocycles. The molecule has 1 amide bonds. The van der Waals surface area contributed by atoms with Gasteiger partial charge in [0.2, 0.25) is 5.91 Å². The van der Waals surface area contributed by atoms with Gasteiger partial charge in [-0.2, -0.15) is 0 Å². The molecule has 0 aromatic rings. The van der Waals surface area contributed by atoms with E-state index in [0.29, 0.717) is 42.0 Å². The van der Waals surface area contributed by atoms with Crippen molar-refractivity contribution in [2.45, 2.75) is 111 Å². The van der Waals surface area contributed by atoms with E-state index in [2.05, 4.69) is 40.7 Å². The number of rotatable bonds is 8. The maximum Gasteiger partial charge on any atom is 0.228 e. The second-order valence-corrected chi connectivity index (χ2v) is 14.6. The smallest absolute Gasteiger partial charge is 0.228 e. The van der Waals surface area contributed by atoms with Crippen LogP contribution in [0.3, 0.4) is 0 Å². The van der Waals surface area contributed by atoms with Crippen molar-refractivity contribution >= 4 is 5.91 Å². The van der Waals surface area contributed by atoms with Gasteiger partial charge in [0.05, 0.1) is 11.5 Å². The number of amides is 1. The Kier molecular flexibility index (Phi) is 8.10. The van der Waals surface area contributed by atoms with Gasteiger partial charge in [-0.1, -0.05) is 65.5 Å². The van der Waals surface area contributed by atoms with Crippen LogP contribution in [0, 0.1) is 51.8 Å². The highest BCUT2D eigenvalue weighted by Gasteiger charge is 2.68. The molecule has 0 spiro atoms. The third kappa shape index (κ3) is 4.51. The van der Waals surface area contributed by atoms with Crippen LogP contribution in [0.15, 0.2) is 11.6 Å². The molecule has 3 saturated carbocycles. The summed E-state index contributed by atoms with van der Waals surface area (Å²) in [5.74, 6) is 3.89. The van der Waals surface area contributed by atoms with Crippen LogP contribution in [-0.4, -0.2) is 42.7 Å². The summed E-state index contributed by atoms with van der Waals surface area (Å²) >= 11 is 0. The molecule has 0 radical (unpaired) electrons. The molecule has 3 N–H and O–H groups in total. The highest BCUT2D eigenvalue weighted by Crippen LogP contribution is 2.72. The number of hydrogen-bond acceptors (Lipinski definition) is 3. The van der Waals surface area contributed by atoms with Crippen molar-refractivity contribution < 1.29 is 9.90 Å². The molecule has 0 heterocycles. The summed E-state index contributed by atoms with van der Waals surface area (Å²) in [6.45, 7) is 12.8. The lowest BCUT2D eigenvalue weighted by atomic mass is 9.46. The van der Waals surface area contributed by atoms with Gasteiger partial charge < -0.3 is 15.7 Å². The lowest BCUT2D eigenvalue weighted by molar-refractivity contribution is -0.146. The minimum absolute atomic E-state index is 0.160. The van der Waals surface area contributed by atoms with Crippen LogP contribution in [0.2, 0.25) is 0 Å². The van der Waals surface area contributed by atoms with E-state index in [0.717, 1.165) is 44.4 Å². The molecule has 0 bridgehead atoms. The molecule has 3 fully saturated rings. The van der Waals surface area contributed by atoms with Crippen molar-refractivity contribution in [1.29, 1.82) is 0 Å². The van der Waals surface area contributed by atoms with Crippen molar-refractivity contribution in [1.82, 2.24) is 4.90 Å². The number of carbonyl (C=O) groups excluding carboxylic acids is 1. The normalized spacial score (nSPS) is 42.8. The second kappa shape index (κ2) is 10.4. The summed E-state index contributed by atoms with van der Waals surface area (Å²) < 4.78 is 0. The summed E-state index contributed by atoms with van der Waals surface area (Å²) in [6.07, 6.45) is 14.5. The van der Waals surface area contributed by atoms with E-state index >= 15 is 0 Å². The maximum atomic E-state index is 14.2. The molecular weight excluding hydrogens is 444 g/mol. The van der Waals surface area contributed by atoms with Crippen LogP contribution in [-0.2, 0) is 4.79 Å². The molecule has 0 aromatic carbocycles. The average Bonchev–Trinajstić information content (AvgIpc) is 3.08. The van der Waals surface area contributed by atoms with Crippen molar-refractivity contribution in [2.75, 3.05) is 20.6 Å².